The van der Waals surface area contributed by atoms with Crippen LogP contribution >= 0.6 is 11.3 Å². The van der Waals surface area contributed by atoms with Crippen molar-refractivity contribution in [3.63, 3.8) is 0 Å². The normalized spacial score (nSPS) is 11.5. The molecule has 0 radical (unpaired) electrons. The highest BCUT2D eigenvalue weighted by Gasteiger charge is 2.07. The second-order valence-electron chi connectivity index (χ2n) is 1.74. The molecule has 0 spiro atoms. The molecule has 11 heavy (non-hydrogen) atoms. The first-order valence-corrected chi connectivity index (χ1v) is 3.63. The molecule has 1 aromatic rings. The Balaban J connectivity index is 2.82. The first-order valence-electron chi connectivity index (χ1n) is 2.75. The predicted octanol–water partition coefficient (Wildman–Crippen LogP) is 2.29. The molecule has 1 heterocycles. The van der Waals surface area contributed by atoms with Crippen LogP contribution in [-0.4, -0.2) is 4.92 Å². The molecule has 0 saturated carbocycles. The van der Waals surface area contributed by atoms with Gasteiger partial charge in [0.2, 0.25) is 0 Å². The third kappa shape index (κ3) is 2.12. The van der Waals surface area contributed by atoms with Gasteiger partial charge in [-0.2, -0.15) is 0 Å². The topological polar surface area (TPSA) is 43.1 Å². The van der Waals surface area contributed by atoms with Gasteiger partial charge in [-0.15, -0.1) is 15.7 Å². The SMILES string of the molecule is O=[N+]([O-])C(F)=Cc1cccs1. The Bertz CT molecular complexity index is 281. The van der Waals surface area contributed by atoms with E-state index in [4.69, 9.17) is 0 Å². The van der Waals surface area contributed by atoms with E-state index in [1.165, 1.54) is 11.3 Å². The van der Waals surface area contributed by atoms with Crippen LogP contribution in [0.5, 0.6) is 0 Å². The minimum absolute atomic E-state index is 0.541. The molecule has 0 amide bonds. The van der Waals surface area contributed by atoms with Crippen molar-refractivity contribution in [2.75, 3.05) is 0 Å². The number of hydrogen-bond acceptors (Lipinski definition) is 3. The van der Waals surface area contributed by atoms with Crippen molar-refractivity contribution in [1.82, 2.24) is 0 Å². The summed E-state index contributed by atoms with van der Waals surface area (Å²) in [5.74, 6) is -1.33. The molecule has 0 unspecified atom stereocenters. The van der Waals surface area contributed by atoms with Crippen molar-refractivity contribution in [3.05, 3.63) is 38.5 Å². The lowest BCUT2D eigenvalue weighted by Gasteiger charge is -1.82. The first-order chi connectivity index (χ1) is 5.20. The highest BCUT2D eigenvalue weighted by molar-refractivity contribution is 7.10. The maximum Gasteiger partial charge on any atom is 0.420 e. The van der Waals surface area contributed by atoms with Crippen LogP contribution in [0.4, 0.5) is 4.39 Å². The van der Waals surface area contributed by atoms with E-state index in [2.05, 4.69) is 0 Å². The van der Waals surface area contributed by atoms with Crippen LogP contribution in [0, 0.1) is 10.1 Å². The van der Waals surface area contributed by atoms with Gasteiger partial charge in [-0.1, -0.05) is 6.07 Å². The number of nitrogens with zero attached hydrogens (tertiary/aromatic N) is 1. The summed E-state index contributed by atoms with van der Waals surface area (Å²) in [5.41, 5.74) is 0. The standard InChI is InChI=1S/C6H4FNO2S/c7-6(8(9)10)4-5-2-1-3-11-5/h1-4H. The van der Waals surface area contributed by atoms with Gasteiger partial charge < -0.3 is 0 Å². The van der Waals surface area contributed by atoms with Gasteiger partial charge in [0.15, 0.2) is 0 Å². The van der Waals surface area contributed by atoms with E-state index in [-0.39, 0.29) is 0 Å². The fourth-order valence-electron chi connectivity index (χ4n) is 0.543. The molecule has 3 nitrogen and oxygen atoms in total. The third-order valence-corrected chi connectivity index (χ3v) is 1.80. The van der Waals surface area contributed by atoms with E-state index in [9.17, 15) is 14.5 Å². The van der Waals surface area contributed by atoms with E-state index in [1.54, 1.807) is 17.5 Å². The Morgan fingerprint density at radius 3 is 3.00 bits per heavy atom. The van der Waals surface area contributed by atoms with Crippen LogP contribution in [0.1, 0.15) is 4.88 Å². The van der Waals surface area contributed by atoms with Gasteiger partial charge in [0, 0.05) is 4.88 Å². The minimum Gasteiger partial charge on any atom is -0.256 e. The van der Waals surface area contributed by atoms with Crippen molar-refractivity contribution in [3.8, 4) is 0 Å². The van der Waals surface area contributed by atoms with Crippen molar-refractivity contribution in [2.24, 2.45) is 0 Å². The van der Waals surface area contributed by atoms with Crippen LogP contribution in [0.3, 0.4) is 0 Å². The van der Waals surface area contributed by atoms with E-state index >= 15 is 0 Å². The predicted molar refractivity (Wildman–Crippen MR) is 40.4 cm³/mol. The lowest BCUT2D eigenvalue weighted by molar-refractivity contribution is -0.445. The quantitative estimate of drug-likeness (QED) is 0.391. The molecule has 0 atom stereocenters. The smallest absolute Gasteiger partial charge is 0.256 e. The van der Waals surface area contributed by atoms with E-state index in [0.29, 0.717) is 4.88 Å². The largest absolute Gasteiger partial charge is 0.420 e. The van der Waals surface area contributed by atoms with Crippen LogP contribution in [0.25, 0.3) is 6.08 Å². The number of halogens is 1. The number of rotatable bonds is 2. The summed E-state index contributed by atoms with van der Waals surface area (Å²) in [6.45, 7) is 0. The lowest BCUT2D eigenvalue weighted by atomic mass is 10.4. The average Bonchev–Trinajstić information content (AvgIpc) is 2.39. The van der Waals surface area contributed by atoms with Gasteiger partial charge in [-0.05, 0) is 11.4 Å². The molecule has 0 saturated heterocycles. The van der Waals surface area contributed by atoms with Crippen LogP contribution < -0.4 is 0 Å². The summed E-state index contributed by atoms with van der Waals surface area (Å²) in [7, 11) is 0. The maximum absolute atomic E-state index is 12.3. The summed E-state index contributed by atoms with van der Waals surface area (Å²) in [5, 5.41) is 11.5. The third-order valence-electron chi connectivity index (χ3n) is 0.979. The van der Waals surface area contributed by atoms with Crippen LogP contribution in [0.15, 0.2) is 23.5 Å². The molecule has 1 rings (SSSR count). The Hall–Kier alpha value is -1.23. The van der Waals surface area contributed by atoms with Crippen molar-refractivity contribution >= 4 is 17.4 Å². The number of hydrogen-bond donors (Lipinski definition) is 0. The summed E-state index contributed by atoms with van der Waals surface area (Å²) in [6.07, 6.45) is 0.894. The maximum atomic E-state index is 12.3. The molecule has 0 N–H and O–H groups in total. The monoisotopic (exact) mass is 173 g/mol. The van der Waals surface area contributed by atoms with E-state index in [1.807, 2.05) is 0 Å². The van der Waals surface area contributed by atoms with Crippen molar-refractivity contribution < 1.29 is 9.31 Å². The summed E-state index contributed by atoms with van der Waals surface area (Å²) >= 11 is 1.25. The molecule has 0 aliphatic heterocycles. The Kier molecular flexibility index (Phi) is 2.32. The highest BCUT2D eigenvalue weighted by Crippen LogP contribution is 2.13. The fourth-order valence-corrected chi connectivity index (χ4v) is 1.18. The van der Waals surface area contributed by atoms with E-state index < -0.39 is 10.9 Å². The molecule has 0 bridgehead atoms. The zero-order valence-corrected chi connectivity index (χ0v) is 6.18. The zero-order chi connectivity index (χ0) is 8.27. The van der Waals surface area contributed by atoms with Gasteiger partial charge >= 0.3 is 5.95 Å². The van der Waals surface area contributed by atoms with Crippen molar-refractivity contribution in [2.45, 2.75) is 0 Å². The van der Waals surface area contributed by atoms with E-state index in [0.717, 1.165) is 6.08 Å². The minimum atomic E-state index is -1.33. The molecule has 1 aromatic heterocycles. The molecular weight excluding hydrogens is 169 g/mol. The zero-order valence-electron chi connectivity index (χ0n) is 5.36. The van der Waals surface area contributed by atoms with Gasteiger partial charge in [-0.25, -0.2) is 0 Å². The second-order valence-corrected chi connectivity index (χ2v) is 2.72. The molecule has 58 valence electrons. The van der Waals surface area contributed by atoms with Crippen molar-refractivity contribution in [1.29, 1.82) is 0 Å². The molecule has 0 aliphatic rings. The fraction of sp³-hybridized carbons (Fsp3) is 0. The number of thiophene rings is 1. The summed E-state index contributed by atoms with van der Waals surface area (Å²) < 4.78 is 12.3. The summed E-state index contributed by atoms with van der Waals surface area (Å²) in [4.78, 5) is 9.28. The molecule has 0 aromatic carbocycles. The molecule has 5 heteroatoms. The Labute approximate surface area is 65.9 Å². The highest BCUT2D eigenvalue weighted by atomic mass is 32.1. The van der Waals surface area contributed by atoms with Gasteiger partial charge in [0.25, 0.3) is 0 Å². The number of nitro groups is 1. The molecular formula is C6H4FNO2S. The molecule has 0 fully saturated rings. The van der Waals surface area contributed by atoms with Crippen LogP contribution in [-0.2, 0) is 0 Å². The van der Waals surface area contributed by atoms with Gasteiger partial charge in [-0.3, -0.25) is 10.1 Å². The first kappa shape index (κ1) is 7.87. The average molecular weight is 173 g/mol. The van der Waals surface area contributed by atoms with Gasteiger partial charge in [0.1, 0.15) is 0 Å². The Morgan fingerprint density at radius 2 is 2.55 bits per heavy atom. The Morgan fingerprint density at radius 1 is 1.82 bits per heavy atom. The van der Waals surface area contributed by atoms with Gasteiger partial charge in [0.05, 0.1) is 11.0 Å². The second kappa shape index (κ2) is 3.25. The lowest BCUT2D eigenvalue weighted by Crippen LogP contribution is -1.90. The summed E-state index contributed by atoms with van der Waals surface area (Å²) in [6, 6.07) is 3.30. The van der Waals surface area contributed by atoms with Crippen LogP contribution in [0.2, 0.25) is 0 Å². The molecule has 0 aliphatic carbocycles.